The van der Waals surface area contributed by atoms with E-state index in [1.807, 2.05) is 43.9 Å². The van der Waals surface area contributed by atoms with Gasteiger partial charge in [0.2, 0.25) is 5.91 Å². The maximum absolute atomic E-state index is 14.4. The number of methoxy groups -OCH3 is 2. The van der Waals surface area contributed by atoms with E-state index in [4.69, 9.17) is 28.6 Å². The summed E-state index contributed by atoms with van der Waals surface area (Å²) in [5.74, 6) is 2.98. The second-order valence-electron chi connectivity index (χ2n) is 13.9. The molecular weight excluding hydrogens is 610 g/mol. The molecular formula is C37H49N5O6. The first-order chi connectivity index (χ1) is 23.2. The molecule has 11 heteroatoms. The number of pyridine rings is 2. The molecule has 258 valence electrons. The van der Waals surface area contributed by atoms with Gasteiger partial charge in [-0.2, -0.15) is 0 Å². The first-order valence-corrected chi connectivity index (χ1v) is 17.5. The van der Waals surface area contributed by atoms with Gasteiger partial charge in [0.15, 0.2) is 5.89 Å². The lowest BCUT2D eigenvalue weighted by Gasteiger charge is -2.39. The lowest BCUT2D eigenvalue weighted by molar-refractivity contribution is -0.124. The van der Waals surface area contributed by atoms with Crippen molar-refractivity contribution in [3.8, 4) is 17.0 Å². The van der Waals surface area contributed by atoms with Crippen LogP contribution in [-0.2, 0) is 14.3 Å². The molecule has 3 aromatic rings. The first-order valence-electron chi connectivity index (χ1n) is 17.5. The zero-order valence-corrected chi connectivity index (χ0v) is 28.9. The van der Waals surface area contributed by atoms with Crippen LogP contribution < -0.4 is 9.64 Å². The smallest absolute Gasteiger partial charge is 0.410 e. The maximum atomic E-state index is 14.4. The van der Waals surface area contributed by atoms with E-state index in [0.29, 0.717) is 68.9 Å². The van der Waals surface area contributed by atoms with Crippen molar-refractivity contribution < 1.29 is 28.2 Å². The van der Waals surface area contributed by atoms with Gasteiger partial charge in [-0.25, -0.2) is 14.8 Å². The summed E-state index contributed by atoms with van der Waals surface area (Å²) in [6.07, 6.45) is 9.79. The Hall–Kier alpha value is -3.99. The zero-order valence-electron chi connectivity index (χ0n) is 28.9. The van der Waals surface area contributed by atoms with Crippen molar-refractivity contribution in [1.82, 2.24) is 19.9 Å². The number of likely N-dealkylation sites (tertiary alicyclic amines) is 1. The first kappa shape index (κ1) is 33.9. The van der Waals surface area contributed by atoms with Gasteiger partial charge in [0.05, 0.1) is 32.0 Å². The quantitative estimate of drug-likeness (QED) is 0.229. The van der Waals surface area contributed by atoms with E-state index in [-0.39, 0.29) is 36.0 Å². The van der Waals surface area contributed by atoms with Crippen LogP contribution in [0.2, 0.25) is 0 Å². The van der Waals surface area contributed by atoms with Crippen molar-refractivity contribution in [2.45, 2.75) is 96.2 Å². The molecule has 3 aromatic heterocycles. The highest BCUT2D eigenvalue weighted by molar-refractivity contribution is 5.94. The number of amides is 2. The molecule has 0 bridgehead atoms. The van der Waals surface area contributed by atoms with Gasteiger partial charge in [-0.05, 0) is 88.5 Å². The largest absolute Gasteiger partial charge is 0.495 e. The van der Waals surface area contributed by atoms with Crippen LogP contribution in [0.15, 0.2) is 41.1 Å². The molecule has 6 rings (SSSR count). The highest BCUT2D eigenvalue weighted by Crippen LogP contribution is 2.38. The molecule has 2 amide bonds. The summed E-state index contributed by atoms with van der Waals surface area (Å²) in [7, 11) is 3.33. The molecule has 3 aliphatic rings. The molecule has 0 unspecified atom stereocenters. The Bertz CT molecular complexity index is 1550. The molecule has 3 fully saturated rings. The number of anilines is 1. The number of rotatable bonds is 10. The third kappa shape index (κ3) is 7.66. The van der Waals surface area contributed by atoms with E-state index in [9.17, 15) is 9.59 Å². The fourth-order valence-corrected chi connectivity index (χ4v) is 7.22. The van der Waals surface area contributed by atoms with Gasteiger partial charge in [0.1, 0.15) is 29.6 Å². The van der Waals surface area contributed by atoms with Crippen LogP contribution in [0.1, 0.15) is 94.3 Å². The summed E-state index contributed by atoms with van der Waals surface area (Å²) in [4.78, 5) is 44.8. The van der Waals surface area contributed by atoms with Crippen molar-refractivity contribution in [3.63, 3.8) is 0 Å². The molecule has 0 spiro atoms. The second-order valence-corrected chi connectivity index (χ2v) is 13.9. The van der Waals surface area contributed by atoms with Gasteiger partial charge >= 0.3 is 6.09 Å². The lowest BCUT2D eigenvalue weighted by atomic mass is 9.79. The Kier molecular flexibility index (Phi) is 10.6. The Morgan fingerprint density at radius 3 is 2.38 bits per heavy atom. The number of carbonyl (C=O) groups is 2. The summed E-state index contributed by atoms with van der Waals surface area (Å²) in [5, 5.41) is 0. The molecule has 1 saturated heterocycles. The second kappa shape index (κ2) is 15.1. The van der Waals surface area contributed by atoms with Gasteiger partial charge in [-0.3, -0.25) is 14.7 Å². The van der Waals surface area contributed by atoms with Crippen LogP contribution >= 0.6 is 0 Å². The average Bonchev–Trinajstić information content (AvgIpc) is 3.58. The van der Waals surface area contributed by atoms with Crippen molar-refractivity contribution in [3.05, 3.63) is 54.0 Å². The van der Waals surface area contributed by atoms with Crippen LogP contribution in [0.5, 0.6) is 5.75 Å². The Morgan fingerprint density at radius 2 is 1.73 bits per heavy atom. The molecule has 2 aliphatic carbocycles. The molecule has 0 N–H and O–H groups in total. The fourth-order valence-electron chi connectivity index (χ4n) is 7.22. The van der Waals surface area contributed by atoms with E-state index in [1.54, 1.807) is 31.6 Å². The number of carbonyl (C=O) groups excluding carboxylic acids is 2. The number of aryl methyl sites for hydroxylation is 1. The van der Waals surface area contributed by atoms with Gasteiger partial charge in [-0.15, -0.1) is 0 Å². The minimum atomic E-state index is -0.287. The topological polar surface area (TPSA) is 120 Å². The monoisotopic (exact) mass is 659 g/mol. The number of nitrogens with zero attached hydrogens (tertiary/aromatic N) is 5. The molecule has 0 radical (unpaired) electrons. The van der Waals surface area contributed by atoms with Crippen LogP contribution in [-0.4, -0.2) is 77.9 Å². The number of oxazole rings is 1. The maximum Gasteiger partial charge on any atom is 0.410 e. The zero-order chi connectivity index (χ0) is 33.8. The number of aromatic nitrogens is 3. The van der Waals surface area contributed by atoms with E-state index in [2.05, 4.69) is 11.1 Å². The predicted molar refractivity (Wildman–Crippen MR) is 181 cm³/mol. The molecule has 1 aliphatic heterocycles. The number of hydrogen-bond acceptors (Lipinski definition) is 9. The Labute approximate surface area is 283 Å². The normalized spacial score (nSPS) is 23.1. The highest BCUT2D eigenvalue weighted by Gasteiger charge is 2.37. The van der Waals surface area contributed by atoms with E-state index < -0.39 is 0 Å². The third-order valence-electron chi connectivity index (χ3n) is 10.3. The van der Waals surface area contributed by atoms with Crippen LogP contribution in [0.25, 0.3) is 11.3 Å². The lowest BCUT2D eigenvalue weighted by Crippen LogP contribution is -2.55. The average molecular weight is 660 g/mol. The van der Waals surface area contributed by atoms with Gasteiger partial charge in [0.25, 0.3) is 0 Å². The predicted octanol–water partition coefficient (Wildman–Crippen LogP) is 6.91. The van der Waals surface area contributed by atoms with E-state index >= 15 is 0 Å². The summed E-state index contributed by atoms with van der Waals surface area (Å²) in [6, 6.07) is 7.97. The molecule has 2 saturated carbocycles. The van der Waals surface area contributed by atoms with E-state index in [0.717, 1.165) is 54.1 Å². The minimum Gasteiger partial charge on any atom is -0.495 e. The van der Waals surface area contributed by atoms with Crippen LogP contribution in [0, 0.1) is 18.8 Å². The van der Waals surface area contributed by atoms with Gasteiger partial charge < -0.3 is 23.5 Å². The summed E-state index contributed by atoms with van der Waals surface area (Å²) in [6.45, 7) is 7.82. The fraction of sp³-hybridized carbons (Fsp3) is 0.595. The summed E-state index contributed by atoms with van der Waals surface area (Å²) >= 11 is 0. The van der Waals surface area contributed by atoms with Crippen molar-refractivity contribution in [1.29, 1.82) is 0 Å². The van der Waals surface area contributed by atoms with Crippen LogP contribution in [0.4, 0.5) is 10.6 Å². The third-order valence-corrected chi connectivity index (χ3v) is 10.3. The summed E-state index contributed by atoms with van der Waals surface area (Å²) < 4.78 is 22.2. The van der Waals surface area contributed by atoms with Crippen molar-refractivity contribution >= 4 is 17.8 Å². The number of ether oxygens (including phenoxy) is 3. The SMILES string of the molecule is COc1ccc([C@H]2CC[C@H](CN(c3cc(-c4coc(C(C)C)n4)ccn3)C(=O)[C@H]3CC[C@H](OC(=O)N4CC(OC)C4)CC3)CC2)nc1C. The molecule has 11 nitrogen and oxygen atoms in total. The van der Waals surface area contributed by atoms with E-state index in [1.165, 1.54) is 0 Å². The Balaban J connectivity index is 1.14. The Morgan fingerprint density at radius 1 is 0.979 bits per heavy atom. The van der Waals surface area contributed by atoms with Crippen molar-refractivity contribution in [2.24, 2.45) is 11.8 Å². The molecule has 4 heterocycles. The molecule has 0 aromatic carbocycles. The molecule has 0 atom stereocenters. The standard InChI is InChI=1S/C37H49N5O6/c1-23(2)35-40-32(22-47-35)28-16-17-38-34(18-28)42(19-25-6-8-26(9-7-25)31-14-15-33(46-5)24(3)39-31)36(43)27-10-12-29(13-11-27)48-37(44)41-20-30(21-41)45-4/h14-18,22-23,25-27,29-30H,6-13,19-21H2,1-5H3/t25-,26-,27-,29-. The molecule has 48 heavy (non-hydrogen) atoms. The number of hydrogen-bond donors (Lipinski definition) is 0. The highest BCUT2D eigenvalue weighted by atomic mass is 16.6. The van der Waals surface area contributed by atoms with Crippen molar-refractivity contribution in [2.75, 3.05) is 38.8 Å². The van der Waals surface area contributed by atoms with Gasteiger partial charge in [-0.1, -0.05) is 13.8 Å². The summed E-state index contributed by atoms with van der Waals surface area (Å²) in [5.41, 5.74) is 3.64. The van der Waals surface area contributed by atoms with Crippen LogP contribution in [0.3, 0.4) is 0 Å². The van der Waals surface area contributed by atoms with Gasteiger partial charge in [0, 0.05) is 48.9 Å². The minimum absolute atomic E-state index is 0.0870.